The van der Waals surface area contributed by atoms with Gasteiger partial charge in [-0.1, -0.05) is 6.07 Å². The van der Waals surface area contributed by atoms with Crippen LogP contribution in [0.25, 0.3) is 0 Å². The molecule has 132 valence electrons. The average Bonchev–Trinajstić information content (AvgIpc) is 2.67. The SMILES string of the molecule is O=C(CCNCc1ccccn1)Nc1ccc(N2CCCCC2)cc1. The molecule has 2 N–H and O–H groups in total. The highest BCUT2D eigenvalue weighted by molar-refractivity contribution is 5.91. The van der Waals surface area contributed by atoms with E-state index in [9.17, 15) is 4.79 Å². The van der Waals surface area contributed by atoms with E-state index in [0.29, 0.717) is 19.5 Å². The van der Waals surface area contributed by atoms with Crippen molar-refractivity contribution in [2.45, 2.75) is 32.2 Å². The van der Waals surface area contributed by atoms with Crippen LogP contribution in [-0.2, 0) is 11.3 Å². The minimum atomic E-state index is 0.0271. The lowest BCUT2D eigenvalue weighted by Gasteiger charge is -2.28. The summed E-state index contributed by atoms with van der Waals surface area (Å²) in [5.41, 5.74) is 3.08. The van der Waals surface area contributed by atoms with Gasteiger partial charge in [-0.3, -0.25) is 9.78 Å². The average molecular weight is 338 g/mol. The molecule has 0 bridgehead atoms. The van der Waals surface area contributed by atoms with Crippen LogP contribution in [0.4, 0.5) is 11.4 Å². The van der Waals surface area contributed by atoms with Crippen LogP contribution in [0.2, 0.25) is 0 Å². The number of hydrogen-bond acceptors (Lipinski definition) is 4. The van der Waals surface area contributed by atoms with Crippen molar-refractivity contribution in [2.75, 3.05) is 29.9 Å². The van der Waals surface area contributed by atoms with Crippen LogP contribution in [0.5, 0.6) is 0 Å². The monoisotopic (exact) mass is 338 g/mol. The summed E-state index contributed by atoms with van der Waals surface area (Å²) in [6.07, 6.45) is 6.09. The molecule has 0 atom stereocenters. The Morgan fingerprint density at radius 3 is 2.56 bits per heavy atom. The molecule has 3 rings (SSSR count). The molecule has 25 heavy (non-hydrogen) atoms. The van der Waals surface area contributed by atoms with Crippen LogP contribution in [0.3, 0.4) is 0 Å². The minimum absolute atomic E-state index is 0.0271. The summed E-state index contributed by atoms with van der Waals surface area (Å²) in [6.45, 7) is 3.58. The first kappa shape index (κ1) is 17.4. The van der Waals surface area contributed by atoms with Crippen LogP contribution < -0.4 is 15.5 Å². The second-order valence-electron chi connectivity index (χ2n) is 6.39. The molecule has 1 aliphatic heterocycles. The van der Waals surface area contributed by atoms with Gasteiger partial charge in [0, 0.05) is 50.2 Å². The van der Waals surface area contributed by atoms with E-state index in [1.807, 2.05) is 30.3 Å². The molecule has 2 heterocycles. The molecule has 2 aromatic rings. The number of aromatic nitrogens is 1. The molecule has 1 aromatic carbocycles. The Bertz CT molecular complexity index is 651. The van der Waals surface area contributed by atoms with Gasteiger partial charge >= 0.3 is 0 Å². The molecule has 0 radical (unpaired) electrons. The number of anilines is 2. The second-order valence-corrected chi connectivity index (χ2v) is 6.39. The van der Waals surface area contributed by atoms with Gasteiger partial charge in [-0.15, -0.1) is 0 Å². The van der Waals surface area contributed by atoms with Gasteiger partial charge in [0.1, 0.15) is 0 Å². The van der Waals surface area contributed by atoms with Gasteiger partial charge in [0.2, 0.25) is 5.91 Å². The smallest absolute Gasteiger partial charge is 0.225 e. The number of nitrogens with zero attached hydrogens (tertiary/aromatic N) is 2. The lowest BCUT2D eigenvalue weighted by Crippen LogP contribution is -2.29. The Hall–Kier alpha value is -2.40. The minimum Gasteiger partial charge on any atom is -0.372 e. The van der Waals surface area contributed by atoms with Crippen LogP contribution >= 0.6 is 0 Å². The molecule has 0 unspecified atom stereocenters. The topological polar surface area (TPSA) is 57.3 Å². The van der Waals surface area contributed by atoms with Crippen LogP contribution in [0.1, 0.15) is 31.4 Å². The van der Waals surface area contributed by atoms with Crippen molar-refractivity contribution < 1.29 is 4.79 Å². The second kappa shape index (κ2) is 9.18. The maximum Gasteiger partial charge on any atom is 0.225 e. The zero-order valence-corrected chi connectivity index (χ0v) is 14.6. The normalized spacial score (nSPS) is 14.3. The predicted molar refractivity (Wildman–Crippen MR) is 102 cm³/mol. The van der Waals surface area contributed by atoms with E-state index in [1.165, 1.54) is 24.9 Å². The van der Waals surface area contributed by atoms with E-state index in [0.717, 1.165) is 24.5 Å². The zero-order valence-electron chi connectivity index (χ0n) is 14.6. The molecule has 0 spiro atoms. The van der Waals surface area contributed by atoms with E-state index in [2.05, 4.69) is 32.7 Å². The first-order valence-electron chi connectivity index (χ1n) is 9.07. The summed E-state index contributed by atoms with van der Waals surface area (Å²) in [7, 11) is 0. The summed E-state index contributed by atoms with van der Waals surface area (Å²) in [5, 5.41) is 6.20. The van der Waals surface area contributed by atoms with Crippen LogP contribution in [-0.4, -0.2) is 30.5 Å². The highest BCUT2D eigenvalue weighted by atomic mass is 16.1. The number of rotatable bonds is 7. The summed E-state index contributed by atoms with van der Waals surface area (Å²) < 4.78 is 0. The largest absolute Gasteiger partial charge is 0.372 e. The van der Waals surface area contributed by atoms with Crippen molar-refractivity contribution in [1.29, 1.82) is 0 Å². The summed E-state index contributed by atoms with van der Waals surface area (Å²) in [5.74, 6) is 0.0271. The Kier molecular flexibility index (Phi) is 6.40. The van der Waals surface area contributed by atoms with E-state index in [1.54, 1.807) is 6.20 Å². The summed E-state index contributed by atoms with van der Waals surface area (Å²) in [6, 6.07) is 14.0. The fraction of sp³-hybridized carbons (Fsp3) is 0.400. The molecule has 1 amide bonds. The lowest BCUT2D eigenvalue weighted by molar-refractivity contribution is -0.116. The van der Waals surface area contributed by atoms with Crippen molar-refractivity contribution in [2.24, 2.45) is 0 Å². The van der Waals surface area contributed by atoms with Gasteiger partial charge in [0.05, 0.1) is 5.69 Å². The first-order valence-corrected chi connectivity index (χ1v) is 9.07. The third kappa shape index (κ3) is 5.57. The van der Waals surface area contributed by atoms with Gasteiger partial charge in [0.15, 0.2) is 0 Å². The fourth-order valence-corrected chi connectivity index (χ4v) is 3.05. The third-order valence-corrected chi connectivity index (χ3v) is 4.43. The molecule has 0 saturated carbocycles. The van der Waals surface area contributed by atoms with E-state index in [-0.39, 0.29) is 5.91 Å². The number of nitrogens with one attached hydrogen (secondary N) is 2. The standard InChI is InChI=1S/C20H26N4O/c25-20(11-13-21-16-18-6-2-3-12-22-18)23-17-7-9-19(10-8-17)24-14-4-1-5-15-24/h2-3,6-10,12,21H,1,4-5,11,13-16H2,(H,23,25). The molecule has 1 fully saturated rings. The van der Waals surface area contributed by atoms with E-state index < -0.39 is 0 Å². The van der Waals surface area contributed by atoms with Crippen molar-refractivity contribution >= 4 is 17.3 Å². The number of pyridine rings is 1. The number of carbonyl (C=O) groups is 1. The summed E-state index contributed by atoms with van der Waals surface area (Å²) in [4.78, 5) is 18.7. The molecular formula is C20H26N4O. The molecule has 1 aliphatic rings. The van der Waals surface area contributed by atoms with Gasteiger partial charge in [-0.05, 0) is 55.7 Å². The number of benzene rings is 1. The molecule has 5 nitrogen and oxygen atoms in total. The van der Waals surface area contributed by atoms with Crippen molar-refractivity contribution in [1.82, 2.24) is 10.3 Å². The lowest BCUT2D eigenvalue weighted by atomic mass is 10.1. The Balaban J connectivity index is 1.38. The molecule has 1 aromatic heterocycles. The molecule has 5 heteroatoms. The Morgan fingerprint density at radius 2 is 1.84 bits per heavy atom. The maximum atomic E-state index is 12.0. The number of amides is 1. The molecular weight excluding hydrogens is 312 g/mol. The third-order valence-electron chi connectivity index (χ3n) is 4.43. The Labute approximate surface area is 149 Å². The van der Waals surface area contributed by atoms with Gasteiger partial charge in [-0.2, -0.15) is 0 Å². The maximum absolute atomic E-state index is 12.0. The highest BCUT2D eigenvalue weighted by Gasteiger charge is 2.10. The van der Waals surface area contributed by atoms with Gasteiger partial charge in [-0.25, -0.2) is 0 Å². The van der Waals surface area contributed by atoms with E-state index >= 15 is 0 Å². The molecule has 0 aliphatic carbocycles. The van der Waals surface area contributed by atoms with Crippen LogP contribution in [0, 0.1) is 0 Å². The van der Waals surface area contributed by atoms with E-state index in [4.69, 9.17) is 0 Å². The highest BCUT2D eigenvalue weighted by Crippen LogP contribution is 2.21. The molecule has 1 saturated heterocycles. The van der Waals surface area contributed by atoms with Crippen molar-refractivity contribution in [3.05, 3.63) is 54.4 Å². The fourth-order valence-electron chi connectivity index (χ4n) is 3.05. The van der Waals surface area contributed by atoms with Crippen molar-refractivity contribution in [3.8, 4) is 0 Å². The van der Waals surface area contributed by atoms with Gasteiger partial charge in [0.25, 0.3) is 0 Å². The quantitative estimate of drug-likeness (QED) is 0.761. The number of piperidine rings is 1. The number of carbonyl (C=O) groups excluding carboxylic acids is 1. The predicted octanol–water partition coefficient (Wildman–Crippen LogP) is 3.19. The first-order chi connectivity index (χ1) is 12.3. The van der Waals surface area contributed by atoms with Crippen molar-refractivity contribution in [3.63, 3.8) is 0 Å². The number of hydrogen-bond donors (Lipinski definition) is 2. The van der Waals surface area contributed by atoms with Gasteiger partial charge < -0.3 is 15.5 Å². The van der Waals surface area contributed by atoms with Crippen LogP contribution in [0.15, 0.2) is 48.7 Å². The Morgan fingerprint density at radius 1 is 1.04 bits per heavy atom. The zero-order chi connectivity index (χ0) is 17.3. The summed E-state index contributed by atoms with van der Waals surface area (Å²) >= 11 is 0.